The van der Waals surface area contributed by atoms with Crippen LogP contribution in [0, 0.1) is 17.2 Å². The van der Waals surface area contributed by atoms with Crippen molar-refractivity contribution in [2.45, 2.75) is 63.4 Å². The molecule has 2 heterocycles. The molecule has 5 heteroatoms. The standard InChI is InChI=1S/C20H25N3O2/c1-18(2,3)25-17(24)22-12-15-20(14(11-21)16(20)22)23(15)19(4,5)13-9-7-6-8-10-13/h6-10,14-16H,12H2,1-5H3. The smallest absolute Gasteiger partial charge is 0.410 e. The fourth-order valence-corrected chi connectivity index (χ4v) is 4.95. The molecule has 5 nitrogen and oxygen atoms in total. The van der Waals surface area contributed by atoms with Crippen molar-refractivity contribution in [3.63, 3.8) is 0 Å². The van der Waals surface area contributed by atoms with Gasteiger partial charge in [0.2, 0.25) is 0 Å². The second-order valence-corrected chi connectivity index (χ2v) is 8.88. The van der Waals surface area contributed by atoms with Crippen LogP contribution in [0.3, 0.4) is 0 Å². The van der Waals surface area contributed by atoms with Gasteiger partial charge in [0.15, 0.2) is 0 Å². The molecular weight excluding hydrogens is 314 g/mol. The van der Waals surface area contributed by atoms with Gasteiger partial charge < -0.3 is 9.64 Å². The molecule has 2 saturated heterocycles. The van der Waals surface area contributed by atoms with E-state index in [0.717, 1.165) is 0 Å². The first-order valence-electron chi connectivity index (χ1n) is 8.90. The van der Waals surface area contributed by atoms with Crippen LogP contribution in [-0.2, 0) is 10.3 Å². The third kappa shape index (κ3) is 2.07. The molecule has 132 valence electrons. The van der Waals surface area contributed by atoms with Gasteiger partial charge in [0.1, 0.15) is 5.60 Å². The molecule has 0 bridgehead atoms. The Labute approximate surface area is 149 Å². The Kier molecular flexibility index (Phi) is 3.13. The number of carbonyl (C=O) groups is 1. The molecule has 2 aliphatic heterocycles. The summed E-state index contributed by atoms with van der Waals surface area (Å²) in [6.07, 6.45) is -0.292. The highest BCUT2D eigenvalue weighted by Crippen LogP contribution is 2.73. The molecular formula is C20H25N3O2. The van der Waals surface area contributed by atoms with E-state index in [9.17, 15) is 10.1 Å². The molecule has 5 atom stereocenters. The van der Waals surface area contributed by atoms with Crippen molar-refractivity contribution in [1.29, 1.82) is 5.26 Å². The first kappa shape index (κ1) is 16.4. The lowest BCUT2D eigenvalue weighted by Crippen LogP contribution is -2.43. The summed E-state index contributed by atoms with van der Waals surface area (Å²) in [6, 6.07) is 13.0. The zero-order chi connectivity index (χ0) is 18.2. The summed E-state index contributed by atoms with van der Waals surface area (Å²) in [5, 5.41) is 9.63. The molecule has 3 aliphatic rings. The van der Waals surface area contributed by atoms with Crippen LogP contribution in [0.2, 0.25) is 0 Å². The summed E-state index contributed by atoms with van der Waals surface area (Å²) >= 11 is 0. The number of piperazine rings is 1. The van der Waals surface area contributed by atoms with E-state index in [1.807, 2.05) is 39.0 Å². The highest BCUT2D eigenvalue weighted by molar-refractivity contribution is 5.73. The Bertz CT molecular complexity index is 761. The SMILES string of the molecule is CC(C)(C)OC(=O)N1CC2N(C(C)(C)c3ccccc3)C23C(C#N)C13. The van der Waals surface area contributed by atoms with Crippen LogP contribution < -0.4 is 0 Å². The van der Waals surface area contributed by atoms with Gasteiger partial charge in [-0.3, -0.25) is 4.90 Å². The summed E-state index contributed by atoms with van der Waals surface area (Å²) in [5.74, 6) is -0.123. The van der Waals surface area contributed by atoms with E-state index in [1.54, 1.807) is 4.90 Å². The van der Waals surface area contributed by atoms with Gasteiger partial charge >= 0.3 is 6.09 Å². The fraction of sp³-hybridized carbons (Fsp3) is 0.600. The van der Waals surface area contributed by atoms with Crippen LogP contribution in [0.25, 0.3) is 0 Å². The van der Waals surface area contributed by atoms with E-state index in [-0.39, 0.29) is 35.2 Å². The van der Waals surface area contributed by atoms with Crippen molar-refractivity contribution in [3.8, 4) is 6.07 Å². The van der Waals surface area contributed by atoms with Gasteiger partial charge in [-0.05, 0) is 40.2 Å². The fourth-order valence-electron chi connectivity index (χ4n) is 4.95. The first-order valence-corrected chi connectivity index (χ1v) is 8.90. The molecule has 4 rings (SSSR count). The highest BCUT2D eigenvalue weighted by Gasteiger charge is 2.92. The molecule has 5 unspecified atom stereocenters. The second kappa shape index (κ2) is 4.76. The van der Waals surface area contributed by atoms with Crippen molar-refractivity contribution in [1.82, 2.24) is 9.80 Å². The molecule has 1 spiro atoms. The van der Waals surface area contributed by atoms with E-state index in [4.69, 9.17) is 4.74 Å². The number of likely N-dealkylation sites (tertiary alicyclic amines) is 1. The number of nitrogens with zero attached hydrogens (tertiary/aromatic N) is 3. The molecule has 0 radical (unpaired) electrons. The van der Waals surface area contributed by atoms with Gasteiger partial charge in [0.25, 0.3) is 0 Å². The Morgan fingerprint density at radius 3 is 2.44 bits per heavy atom. The minimum Gasteiger partial charge on any atom is -0.444 e. The van der Waals surface area contributed by atoms with Crippen molar-refractivity contribution in [3.05, 3.63) is 35.9 Å². The van der Waals surface area contributed by atoms with Crippen molar-refractivity contribution < 1.29 is 9.53 Å². The lowest BCUT2D eigenvalue weighted by Gasteiger charge is -2.32. The van der Waals surface area contributed by atoms with Crippen LogP contribution >= 0.6 is 0 Å². The summed E-state index contributed by atoms with van der Waals surface area (Å²) < 4.78 is 5.54. The van der Waals surface area contributed by atoms with E-state index in [2.05, 4.69) is 36.9 Å². The molecule has 1 saturated carbocycles. The Balaban J connectivity index is 1.58. The normalized spacial score (nSPS) is 35.4. The number of rotatable bonds is 2. The third-order valence-corrected chi connectivity index (χ3v) is 5.93. The summed E-state index contributed by atoms with van der Waals surface area (Å²) in [4.78, 5) is 16.7. The molecule has 0 aromatic heterocycles. The lowest BCUT2D eigenvalue weighted by molar-refractivity contribution is 0.0211. The Morgan fingerprint density at radius 2 is 1.88 bits per heavy atom. The molecule has 1 aliphatic carbocycles. The quantitative estimate of drug-likeness (QED) is 0.777. The van der Waals surface area contributed by atoms with Gasteiger partial charge in [-0.1, -0.05) is 30.3 Å². The maximum absolute atomic E-state index is 12.5. The predicted octanol–water partition coefficient (Wildman–Crippen LogP) is 3.12. The average molecular weight is 339 g/mol. The van der Waals surface area contributed by atoms with E-state index < -0.39 is 5.60 Å². The van der Waals surface area contributed by atoms with Gasteiger partial charge in [-0.2, -0.15) is 5.26 Å². The number of piperidine rings is 1. The number of carbonyl (C=O) groups excluding carboxylic acids is 1. The van der Waals surface area contributed by atoms with Crippen molar-refractivity contribution in [2.75, 3.05) is 6.54 Å². The van der Waals surface area contributed by atoms with Crippen LogP contribution in [0.4, 0.5) is 4.79 Å². The molecule has 1 amide bonds. The minimum absolute atomic E-state index is 0.0414. The van der Waals surface area contributed by atoms with Gasteiger partial charge in [0.05, 0.1) is 29.6 Å². The number of benzene rings is 1. The zero-order valence-corrected chi connectivity index (χ0v) is 15.5. The largest absolute Gasteiger partial charge is 0.444 e. The first-order chi connectivity index (χ1) is 11.7. The molecule has 1 aromatic rings. The second-order valence-electron chi connectivity index (χ2n) is 8.88. The van der Waals surface area contributed by atoms with Crippen molar-refractivity contribution >= 4 is 6.09 Å². The van der Waals surface area contributed by atoms with Gasteiger partial charge in [-0.25, -0.2) is 4.79 Å². The molecule has 0 N–H and O–H groups in total. The maximum atomic E-state index is 12.5. The van der Waals surface area contributed by atoms with Crippen LogP contribution in [-0.4, -0.2) is 45.7 Å². The van der Waals surface area contributed by atoms with E-state index in [0.29, 0.717) is 6.54 Å². The summed E-state index contributed by atoms with van der Waals surface area (Å²) in [6.45, 7) is 10.7. The topological polar surface area (TPSA) is 56.3 Å². The Hall–Kier alpha value is -2.06. The van der Waals surface area contributed by atoms with Gasteiger partial charge in [-0.15, -0.1) is 0 Å². The molecule has 25 heavy (non-hydrogen) atoms. The summed E-state index contributed by atoms with van der Waals surface area (Å²) in [5.41, 5.74) is 0.391. The lowest BCUT2D eigenvalue weighted by atomic mass is 9.94. The highest BCUT2D eigenvalue weighted by atomic mass is 16.6. The Morgan fingerprint density at radius 1 is 1.24 bits per heavy atom. The maximum Gasteiger partial charge on any atom is 0.410 e. The number of hydrogen-bond donors (Lipinski definition) is 0. The zero-order valence-electron chi connectivity index (χ0n) is 15.5. The number of hydrogen-bond acceptors (Lipinski definition) is 4. The molecule has 1 aromatic carbocycles. The number of nitriles is 1. The predicted molar refractivity (Wildman–Crippen MR) is 93.7 cm³/mol. The number of ether oxygens (including phenoxy) is 1. The van der Waals surface area contributed by atoms with Crippen LogP contribution in [0.1, 0.15) is 40.2 Å². The van der Waals surface area contributed by atoms with E-state index >= 15 is 0 Å². The monoisotopic (exact) mass is 339 g/mol. The van der Waals surface area contributed by atoms with Gasteiger partial charge in [0, 0.05) is 12.1 Å². The van der Waals surface area contributed by atoms with Crippen LogP contribution in [0.5, 0.6) is 0 Å². The minimum atomic E-state index is -0.517. The average Bonchev–Trinajstić information content (AvgIpc) is 3.36. The van der Waals surface area contributed by atoms with Crippen molar-refractivity contribution in [2.24, 2.45) is 5.92 Å². The van der Waals surface area contributed by atoms with E-state index in [1.165, 1.54) is 5.56 Å². The molecule has 3 fully saturated rings. The van der Waals surface area contributed by atoms with Crippen LogP contribution in [0.15, 0.2) is 30.3 Å². The summed E-state index contributed by atoms with van der Waals surface area (Å²) in [7, 11) is 0. The number of amides is 1. The third-order valence-electron chi connectivity index (χ3n) is 5.93.